The van der Waals surface area contributed by atoms with E-state index >= 15 is 0 Å². The number of para-hydroxylation sites is 1. The van der Waals surface area contributed by atoms with Gasteiger partial charge in [0.1, 0.15) is 11.6 Å². The fourth-order valence-corrected chi connectivity index (χ4v) is 1.92. The molecule has 2 aromatic carbocycles. The number of methoxy groups -OCH3 is 1. The van der Waals surface area contributed by atoms with E-state index in [-0.39, 0.29) is 11.8 Å². The van der Waals surface area contributed by atoms with Gasteiger partial charge < -0.3 is 15.4 Å². The predicted molar refractivity (Wildman–Crippen MR) is 80.0 cm³/mol. The summed E-state index contributed by atoms with van der Waals surface area (Å²) in [6.45, 7) is 1.99. The second kappa shape index (κ2) is 6.74. The summed E-state index contributed by atoms with van der Waals surface area (Å²) in [7, 11) is 1.58. The first-order chi connectivity index (χ1) is 10.1. The Bertz CT molecular complexity index is 644. The van der Waals surface area contributed by atoms with Crippen LogP contribution in [0.5, 0.6) is 5.75 Å². The Morgan fingerprint density at radius 3 is 2.71 bits per heavy atom. The average Bonchev–Trinajstić information content (AvgIpc) is 2.49. The van der Waals surface area contributed by atoms with Crippen LogP contribution in [0.2, 0.25) is 0 Å². The minimum atomic E-state index is -0.355. The highest BCUT2D eigenvalue weighted by Gasteiger charge is 2.06. The van der Waals surface area contributed by atoms with Gasteiger partial charge in [0.05, 0.1) is 7.11 Å². The van der Waals surface area contributed by atoms with E-state index in [1.807, 2.05) is 24.3 Å². The van der Waals surface area contributed by atoms with E-state index in [0.29, 0.717) is 17.8 Å². The van der Waals surface area contributed by atoms with Gasteiger partial charge in [0.25, 0.3) is 0 Å². The SMILES string of the molecule is COc1ccccc1CNC(=O)Nc1ccc(F)c(C)c1. The molecule has 0 saturated heterocycles. The molecule has 5 heteroatoms. The molecule has 2 rings (SSSR count). The fourth-order valence-electron chi connectivity index (χ4n) is 1.92. The molecular formula is C16H17FN2O2. The van der Waals surface area contributed by atoms with E-state index in [0.717, 1.165) is 11.3 Å². The first kappa shape index (κ1) is 14.8. The van der Waals surface area contributed by atoms with Crippen molar-refractivity contribution in [1.29, 1.82) is 0 Å². The molecule has 0 aliphatic heterocycles. The Kier molecular flexibility index (Phi) is 4.77. The predicted octanol–water partition coefficient (Wildman–Crippen LogP) is 3.46. The molecule has 0 saturated carbocycles. The molecule has 21 heavy (non-hydrogen) atoms. The first-order valence-electron chi connectivity index (χ1n) is 6.53. The van der Waals surface area contributed by atoms with E-state index in [1.165, 1.54) is 12.1 Å². The van der Waals surface area contributed by atoms with Crippen LogP contribution < -0.4 is 15.4 Å². The number of halogens is 1. The average molecular weight is 288 g/mol. The van der Waals surface area contributed by atoms with Crippen molar-refractivity contribution in [3.05, 3.63) is 59.4 Å². The number of rotatable bonds is 4. The molecule has 0 atom stereocenters. The monoisotopic (exact) mass is 288 g/mol. The Morgan fingerprint density at radius 2 is 2.00 bits per heavy atom. The van der Waals surface area contributed by atoms with E-state index < -0.39 is 0 Å². The summed E-state index contributed by atoms with van der Waals surface area (Å²) >= 11 is 0. The number of nitrogens with one attached hydrogen (secondary N) is 2. The molecule has 4 nitrogen and oxygen atoms in total. The van der Waals surface area contributed by atoms with Crippen LogP contribution in [0.4, 0.5) is 14.9 Å². The zero-order valence-corrected chi connectivity index (χ0v) is 11.9. The summed E-state index contributed by atoms with van der Waals surface area (Å²) in [5.41, 5.74) is 1.91. The van der Waals surface area contributed by atoms with Gasteiger partial charge in [-0.05, 0) is 36.8 Å². The number of amides is 2. The van der Waals surface area contributed by atoms with Gasteiger partial charge in [-0.3, -0.25) is 0 Å². The molecule has 0 radical (unpaired) electrons. The van der Waals surface area contributed by atoms with Crippen molar-refractivity contribution in [3.8, 4) is 5.75 Å². The standard InChI is InChI=1S/C16H17FN2O2/c1-11-9-13(7-8-14(11)17)19-16(20)18-10-12-5-3-4-6-15(12)21-2/h3-9H,10H2,1-2H3,(H2,18,19,20). The van der Waals surface area contributed by atoms with E-state index in [1.54, 1.807) is 20.1 Å². The number of ether oxygens (including phenoxy) is 1. The van der Waals surface area contributed by atoms with Crippen LogP contribution in [-0.2, 0) is 6.54 Å². The Balaban J connectivity index is 1.94. The molecule has 110 valence electrons. The number of urea groups is 1. The Labute approximate surface area is 122 Å². The molecule has 0 heterocycles. The molecule has 0 aliphatic carbocycles. The van der Waals surface area contributed by atoms with Gasteiger partial charge in [0.15, 0.2) is 0 Å². The molecule has 0 bridgehead atoms. The molecule has 0 fully saturated rings. The van der Waals surface area contributed by atoms with Crippen molar-refractivity contribution >= 4 is 11.7 Å². The molecule has 0 aromatic heterocycles. The lowest BCUT2D eigenvalue weighted by molar-refractivity contribution is 0.251. The van der Waals surface area contributed by atoms with E-state index in [9.17, 15) is 9.18 Å². The van der Waals surface area contributed by atoms with Crippen molar-refractivity contribution in [3.63, 3.8) is 0 Å². The maximum absolute atomic E-state index is 13.1. The highest BCUT2D eigenvalue weighted by molar-refractivity contribution is 5.89. The number of hydrogen-bond donors (Lipinski definition) is 2. The molecule has 0 aliphatic rings. The highest BCUT2D eigenvalue weighted by atomic mass is 19.1. The van der Waals surface area contributed by atoms with Crippen LogP contribution >= 0.6 is 0 Å². The van der Waals surface area contributed by atoms with Crippen LogP contribution in [-0.4, -0.2) is 13.1 Å². The largest absolute Gasteiger partial charge is 0.496 e. The molecule has 2 N–H and O–H groups in total. The van der Waals surface area contributed by atoms with Gasteiger partial charge in [-0.25, -0.2) is 9.18 Å². The number of benzene rings is 2. The molecule has 0 unspecified atom stereocenters. The van der Waals surface area contributed by atoms with Crippen molar-refractivity contribution in [2.45, 2.75) is 13.5 Å². The minimum Gasteiger partial charge on any atom is -0.496 e. The first-order valence-corrected chi connectivity index (χ1v) is 6.53. The van der Waals surface area contributed by atoms with E-state index in [2.05, 4.69) is 10.6 Å². The lowest BCUT2D eigenvalue weighted by Crippen LogP contribution is -2.28. The maximum atomic E-state index is 13.1. The summed E-state index contributed by atoms with van der Waals surface area (Å²) in [5.74, 6) is 0.422. The van der Waals surface area contributed by atoms with Gasteiger partial charge >= 0.3 is 6.03 Å². The van der Waals surface area contributed by atoms with Crippen molar-refractivity contribution < 1.29 is 13.9 Å². The summed E-state index contributed by atoms with van der Waals surface area (Å²) in [6.07, 6.45) is 0. The van der Waals surface area contributed by atoms with Crippen molar-refractivity contribution in [2.75, 3.05) is 12.4 Å². The smallest absolute Gasteiger partial charge is 0.319 e. The van der Waals surface area contributed by atoms with Crippen LogP contribution in [0.15, 0.2) is 42.5 Å². The maximum Gasteiger partial charge on any atom is 0.319 e. The van der Waals surface area contributed by atoms with Gasteiger partial charge in [-0.15, -0.1) is 0 Å². The topological polar surface area (TPSA) is 50.4 Å². The fraction of sp³-hybridized carbons (Fsp3) is 0.188. The van der Waals surface area contributed by atoms with Gasteiger partial charge in [0.2, 0.25) is 0 Å². The summed E-state index contributed by atoms with van der Waals surface area (Å²) in [6, 6.07) is 11.5. The lowest BCUT2D eigenvalue weighted by Gasteiger charge is -2.11. The highest BCUT2D eigenvalue weighted by Crippen LogP contribution is 2.17. The Hall–Kier alpha value is -2.56. The van der Waals surface area contributed by atoms with Crippen LogP contribution in [0.1, 0.15) is 11.1 Å². The number of carbonyl (C=O) groups excluding carboxylic acids is 1. The minimum absolute atomic E-state index is 0.296. The normalized spacial score (nSPS) is 10.0. The summed E-state index contributed by atoms with van der Waals surface area (Å²) in [4.78, 5) is 11.8. The number of carbonyl (C=O) groups is 1. The summed E-state index contributed by atoms with van der Waals surface area (Å²) in [5, 5.41) is 5.39. The molecule has 2 amide bonds. The number of anilines is 1. The summed E-state index contributed by atoms with van der Waals surface area (Å²) < 4.78 is 18.4. The van der Waals surface area contributed by atoms with Gasteiger partial charge in [-0.1, -0.05) is 18.2 Å². The van der Waals surface area contributed by atoms with Crippen LogP contribution in [0.25, 0.3) is 0 Å². The third kappa shape index (κ3) is 3.95. The zero-order valence-electron chi connectivity index (χ0n) is 11.9. The Morgan fingerprint density at radius 1 is 1.24 bits per heavy atom. The molecule has 2 aromatic rings. The van der Waals surface area contributed by atoms with Crippen LogP contribution in [0.3, 0.4) is 0 Å². The molecular weight excluding hydrogens is 271 g/mol. The third-order valence-electron chi connectivity index (χ3n) is 3.05. The zero-order chi connectivity index (χ0) is 15.2. The van der Waals surface area contributed by atoms with E-state index in [4.69, 9.17) is 4.74 Å². The van der Waals surface area contributed by atoms with Gasteiger partial charge in [0, 0.05) is 17.8 Å². The molecule has 0 spiro atoms. The quantitative estimate of drug-likeness (QED) is 0.905. The lowest BCUT2D eigenvalue weighted by atomic mass is 10.2. The van der Waals surface area contributed by atoms with Crippen molar-refractivity contribution in [1.82, 2.24) is 5.32 Å². The van der Waals surface area contributed by atoms with Crippen LogP contribution in [0, 0.1) is 12.7 Å². The number of aryl methyl sites for hydroxylation is 1. The second-order valence-electron chi connectivity index (χ2n) is 4.58. The van der Waals surface area contributed by atoms with Crippen molar-refractivity contribution in [2.24, 2.45) is 0 Å². The van der Waals surface area contributed by atoms with Gasteiger partial charge in [-0.2, -0.15) is 0 Å². The third-order valence-corrected chi connectivity index (χ3v) is 3.05. The number of hydrogen-bond acceptors (Lipinski definition) is 2. The second-order valence-corrected chi connectivity index (χ2v) is 4.58.